The van der Waals surface area contributed by atoms with Crippen LogP contribution in [0.2, 0.25) is 0 Å². The van der Waals surface area contributed by atoms with Crippen molar-refractivity contribution in [2.24, 2.45) is 5.41 Å². The lowest BCUT2D eigenvalue weighted by atomic mass is 9.76. The molecule has 0 fully saturated rings. The van der Waals surface area contributed by atoms with E-state index in [2.05, 4.69) is 26.8 Å². The first-order chi connectivity index (χ1) is 15.7. The van der Waals surface area contributed by atoms with Crippen molar-refractivity contribution in [2.45, 2.75) is 39.7 Å². The lowest BCUT2D eigenvalue weighted by Gasteiger charge is -2.39. The van der Waals surface area contributed by atoms with Gasteiger partial charge in [0.25, 0.3) is 0 Å². The fourth-order valence-electron chi connectivity index (χ4n) is 5.11. The van der Waals surface area contributed by atoms with Gasteiger partial charge < -0.3 is 19.1 Å². The highest BCUT2D eigenvalue weighted by Crippen LogP contribution is 2.49. The zero-order valence-corrected chi connectivity index (χ0v) is 19.3. The van der Waals surface area contributed by atoms with Gasteiger partial charge in [0.05, 0.1) is 19.4 Å². The number of methoxy groups -OCH3 is 1. The van der Waals surface area contributed by atoms with Crippen LogP contribution in [0.25, 0.3) is 22.4 Å². The Morgan fingerprint density at radius 1 is 1.15 bits per heavy atom. The molecule has 0 radical (unpaired) electrons. The van der Waals surface area contributed by atoms with Crippen molar-refractivity contribution in [1.29, 1.82) is 0 Å². The zero-order chi connectivity index (χ0) is 23.5. The molecule has 0 spiro atoms. The highest BCUT2D eigenvalue weighted by Gasteiger charge is 2.37. The van der Waals surface area contributed by atoms with Crippen LogP contribution in [-0.4, -0.2) is 29.4 Å². The maximum Gasteiger partial charge on any atom is 0.341 e. The minimum atomic E-state index is -1.20. The summed E-state index contributed by atoms with van der Waals surface area (Å²) in [7, 11) is 1.64. The summed E-state index contributed by atoms with van der Waals surface area (Å²) in [6, 6.07) is 11.4. The first-order valence-corrected chi connectivity index (χ1v) is 11.1. The predicted octanol–water partition coefficient (Wildman–Crippen LogP) is 4.97. The van der Waals surface area contributed by atoms with Crippen molar-refractivity contribution >= 4 is 5.97 Å². The molecular weight excluding hydrogens is 418 g/mol. The Bertz CT molecular complexity index is 1350. The molecule has 6 nitrogen and oxygen atoms in total. The molecule has 5 rings (SSSR count). The van der Waals surface area contributed by atoms with Crippen molar-refractivity contribution < 1.29 is 19.4 Å². The Morgan fingerprint density at radius 2 is 1.94 bits per heavy atom. The molecule has 0 amide bonds. The van der Waals surface area contributed by atoms with E-state index in [-0.39, 0.29) is 17.0 Å². The molecule has 1 aromatic heterocycles. The third kappa shape index (κ3) is 3.41. The highest BCUT2D eigenvalue weighted by atomic mass is 16.5. The summed E-state index contributed by atoms with van der Waals surface area (Å²) < 4.78 is 13.5. The molecule has 2 aromatic carbocycles. The number of rotatable bonds is 3. The summed E-state index contributed by atoms with van der Waals surface area (Å²) in [5.41, 5.74) is 5.20. The molecule has 3 heterocycles. The fraction of sp³-hybridized carbons (Fsp3) is 0.333. The molecule has 0 unspecified atom stereocenters. The van der Waals surface area contributed by atoms with Gasteiger partial charge in [-0.1, -0.05) is 32.9 Å². The van der Waals surface area contributed by atoms with Crippen molar-refractivity contribution in [2.75, 3.05) is 13.7 Å². The smallest absolute Gasteiger partial charge is 0.341 e. The van der Waals surface area contributed by atoms with Crippen LogP contribution in [0.5, 0.6) is 11.5 Å². The standard InChI is InChI=1S/C27H27NO5/c1-27(2,3)24-12-19-17-8-9-33-25(17)18(15-6-5-7-16(10-15)32-4)11-20(19)22-13-23(29)21(26(30)31)14-28(22)24/h5-7,10-11,13-14,24H,8-9,12H2,1-4H3,(H,30,31)/t24-/m0/s1. The molecule has 0 saturated heterocycles. The number of carboxylic acid groups (broad SMARTS) is 1. The highest BCUT2D eigenvalue weighted by molar-refractivity contribution is 5.88. The summed E-state index contributed by atoms with van der Waals surface area (Å²) in [5, 5.41) is 9.58. The second-order valence-electron chi connectivity index (χ2n) is 9.82. The lowest BCUT2D eigenvalue weighted by Crippen LogP contribution is -2.33. The fourth-order valence-corrected chi connectivity index (χ4v) is 5.11. The third-order valence-corrected chi connectivity index (χ3v) is 6.79. The molecule has 1 atom stereocenters. The Morgan fingerprint density at radius 3 is 2.64 bits per heavy atom. The second kappa shape index (κ2) is 7.51. The number of benzene rings is 2. The maximum absolute atomic E-state index is 12.7. The maximum atomic E-state index is 12.7. The number of aromatic nitrogens is 1. The number of nitrogens with zero attached hydrogens (tertiary/aromatic N) is 1. The summed E-state index contributed by atoms with van der Waals surface area (Å²) in [6.07, 6.45) is 3.08. The average Bonchev–Trinajstić information content (AvgIpc) is 3.27. The molecule has 0 bridgehead atoms. The van der Waals surface area contributed by atoms with E-state index in [0.717, 1.165) is 46.7 Å². The average molecular weight is 446 g/mol. The number of hydrogen-bond donors (Lipinski definition) is 1. The summed E-state index contributed by atoms with van der Waals surface area (Å²) in [6.45, 7) is 7.05. The number of ether oxygens (including phenoxy) is 2. The number of carboxylic acids is 1. The zero-order valence-electron chi connectivity index (χ0n) is 19.3. The van der Waals surface area contributed by atoms with Crippen LogP contribution in [0.15, 0.2) is 47.4 Å². The first-order valence-electron chi connectivity index (χ1n) is 11.1. The van der Waals surface area contributed by atoms with Gasteiger partial charge in [-0.2, -0.15) is 0 Å². The first kappa shape index (κ1) is 21.3. The molecule has 3 aromatic rings. The monoisotopic (exact) mass is 445 g/mol. The van der Waals surface area contributed by atoms with Gasteiger partial charge >= 0.3 is 5.97 Å². The molecule has 0 saturated carbocycles. The number of aromatic carboxylic acids is 1. The Kier molecular flexibility index (Phi) is 4.85. The Labute approximate surface area is 192 Å². The van der Waals surface area contributed by atoms with Crippen molar-refractivity contribution in [3.8, 4) is 33.9 Å². The van der Waals surface area contributed by atoms with Gasteiger partial charge in [-0.25, -0.2) is 4.79 Å². The summed E-state index contributed by atoms with van der Waals surface area (Å²) in [5.74, 6) is 0.452. The van der Waals surface area contributed by atoms with Crippen LogP contribution in [0.4, 0.5) is 0 Å². The van der Waals surface area contributed by atoms with E-state index >= 15 is 0 Å². The number of carbonyl (C=O) groups is 1. The van der Waals surface area contributed by atoms with Crippen LogP contribution < -0.4 is 14.9 Å². The SMILES string of the molecule is COc1cccc(-c2cc3c(c4c2OCC4)C[C@@H](C(C)(C)C)n2cc(C(=O)O)c(=O)cc2-3)c1. The van der Waals surface area contributed by atoms with Gasteiger partial charge in [-0.05, 0) is 41.2 Å². The molecular formula is C27H27NO5. The van der Waals surface area contributed by atoms with E-state index in [1.165, 1.54) is 23.4 Å². The minimum absolute atomic E-state index is 0.00562. The van der Waals surface area contributed by atoms with E-state index in [9.17, 15) is 14.7 Å². The van der Waals surface area contributed by atoms with Gasteiger partial charge in [0.15, 0.2) is 5.43 Å². The number of pyridine rings is 1. The number of fused-ring (bicyclic) bond motifs is 5. The van der Waals surface area contributed by atoms with Crippen LogP contribution >= 0.6 is 0 Å². The van der Waals surface area contributed by atoms with Crippen molar-refractivity contribution in [3.05, 3.63) is 69.5 Å². The van der Waals surface area contributed by atoms with E-state index in [0.29, 0.717) is 6.61 Å². The third-order valence-electron chi connectivity index (χ3n) is 6.79. The van der Waals surface area contributed by atoms with Gasteiger partial charge in [0.1, 0.15) is 17.1 Å². The van der Waals surface area contributed by atoms with Crippen LogP contribution in [0, 0.1) is 5.41 Å². The van der Waals surface area contributed by atoms with Gasteiger partial charge in [-0.15, -0.1) is 0 Å². The topological polar surface area (TPSA) is 77.8 Å². The summed E-state index contributed by atoms with van der Waals surface area (Å²) in [4.78, 5) is 24.5. The molecule has 1 N–H and O–H groups in total. The van der Waals surface area contributed by atoms with E-state index in [1.54, 1.807) is 7.11 Å². The molecule has 0 aliphatic carbocycles. The van der Waals surface area contributed by atoms with Gasteiger partial charge in [0, 0.05) is 41.4 Å². The predicted molar refractivity (Wildman–Crippen MR) is 126 cm³/mol. The van der Waals surface area contributed by atoms with Crippen molar-refractivity contribution in [1.82, 2.24) is 4.57 Å². The molecule has 2 aliphatic rings. The minimum Gasteiger partial charge on any atom is -0.497 e. The normalized spacial score (nSPS) is 16.4. The molecule has 33 heavy (non-hydrogen) atoms. The quantitative estimate of drug-likeness (QED) is 0.616. The van der Waals surface area contributed by atoms with Crippen LogP contribution in [0.3, 0.4) is 0 Å². The molecule has 2 aliphatic heterocycles. The largest absolute Gasteiger partial charge is 0.497 e. The molecule has 6 heteroatoms. The van der Waals surface area contributed by atoms with Crippen LogP contribution in [0.1, 0.15) is 48.3 Å². The number of hydrogen-bond acceptors (Lipinski definition) is 4. The van der Waals surface area contributed by atoms with Gasteiger partial charge in [0.2, 0.25) is 0 Å². The van der Waals surface area contributed by atoms with Crippen LogP contribution in [-0.2, 0) is 12.8 Å². The lowest BCUT2D eigenvalue weighted by molar-refractivity contribution is 0.0693. The summed E-state index contributed by atoms with van der Waals surface area (Å²) >= 11 is 0. The Hall–Kier alpha value is -3.54. The van der Waals surface area contributed by atoms with Crippen molar-refractivity contribution in [3.63, 3.8) is 0 Å². The van der Waals surface area contributed by atoms with E-state index < -0.39 is 11.4 Å². The van der Waals surface area contributed by atoms with E-state index in [1.807, 2.05) is 28.8 Å². The van der Waals surface area contributed by atoms with Gasteiger partial charge in [-0.3, -0.25) is 4.79 Å². The second-order valence-corrected chi connectivity index (χ2v) is 9.82. The van der Waals surface area contributed by atoms with E-state index in [4.69, 9.17) is 9.47 Å². The Balaban J connectivity index is 1.82. The molecule has 170 valence electrons.